The molecule has 27 heavy (non-hydrogen) atoms. The van der Waals surface area contributed by atoms with E-state index in [1.54, 1.807) is 0 Å². The first-order valence-corrected chi connectivity index (χ1v) is 11.4. The smallest absolute Gasteiger partial charge is 0.244 e. The molecule has 1 aliphatic rings. The molecule has 4 nitrogen and oxygen atoms in total. The van der Waals surface area contributed by atoms with Gasteiger partial charge in [0.25, 0.3) is 0 Å². The first-order chi connectivity index (χ1) is 12.7. The van der Waals surface area contributed by atoms with Gasteiger partial charge in [0, 0.05) is 13.1 Å². The van der Waals surface area contributed by atoms with Crippen LogP contribution in [0.2, 0.25) is 0 Å². The van der Waals surface area contributed by atoms with Crippen LogP contribution in [-0.4, -0.2) is 46.6 Å². The van der Waals surface area contributed by atoms with Crippen LogP contribution in [0.1, 0.15) is 106 Å². The minimum Gasteiger partial charge on any atom is -0.339 e. The van der Waals surface area contributed by atoms with Crippen molar-refractivity contribution < 1.29 is 9.63 Å². The second kappa shape index (κ2) is 11.4. The van der Waals surface area contributed by atoms with Gasteiger partial charge < -0.3 is 4.90 Å². The highest BCUT2D eigenvalue weighted by Gasteiger charge is 2.51. The lowest BCUT2D eigenvalue weighted by molar-refractivity contribution is -0.280. The van der Waals surface area contributed by atoms with Crippen molar-refractivity contribution in [3.63, 3.8) is 0 Å². The Balaban J connectivity index is 2.47. The maximum Gasteiger partial charge on any atom is 0.244 e. The first-order valence-electron chi connectivity index (χ1n) is 11.4. The molecule has 1 amide bonds. The number of nitrogens with zero attached hydrogens (tertiary/aromatic N) is 2. The molecular weight excluding hydrogens is 336 g/mol. The van der Waals surface area contributed by atoms with Crippen molar-refractivity contribution in [2.24, 2.45) is 5.92 Å². The zero-order valence-electron chi connectivity index (χ0n) is 19.3. The summed E-state index contributed by atoms with van der Waals surface area (Å²) in [5, 5.41) is 1.98. The van der Waals surface area contributed by atoms with Gasteiger partial charge in [-0.25, -0.2) is 0 Å². The molecule has 1 fully saturated rings. The number of hydroxylamine groups is 2. The summed E-state index contributed by atoms with van der Waals surface area (Å²) in [6.07, 6.45) is 11.4. The Morgan fingerprint density at radius 3 is 2.07 bits per heavy atom. The number of amides is 1. The number of piperazine rings is 1. The molecule has 4 heteroatoms. The zero-order chi connectivity index (χ0) is 20.5. The Morgan fingerprint density at radius 1 is 0.963 bits per heavy atom. The van der Waals surface area contributed by atoms with Gasteiger partial charge in [-0.05, 0) is 40.0 Å². The fraction of sp³-hybridized carbons (Fsp3) is 0.957. The molecule has 0 radical (unpaired) electrons. The lowest BCUT2D eigenvalue weighted by Gasteiger charge is -2.54. The summed E-state index contributed by atoms with van der Waals surface area (Å²) in [7, 11) is 0. The SMILES string of the molecule is CCCCCCCCCCON1C(C)(C)CN(CC(C)CC)C(=O)C1(C)C. The Labute approximate surface area is 169 Å². The third-order valence-corrected chi connectivity index (χ3v) is 5.89. The van der Waals surface area contributed by atoms with Crippen molar-refractivity contribution >= 4 is 5.91 Å². The molecule has 0 N–H and O–H groups in total. The standard InChI is InChI=1S/C23H46N2O2/c1-8-10-11-12-13-14-15-16-17-27-25-22(4,5)19-24(18-20(3)9-2)21(26)23(25,6)7/h20H,8-19H2,1-7H3. The molecule has 1 heterocycles. The minimum atomic E-state index is -0.616. The van der Waals surface area contributed by atoms with Crippen LogP contribution in [0, 0.1) is 5.92 Å². The zero-order valence-corrected chi connectivity index (χ0v) is 19.3. The van der Waals surface area contributed by atoms with E-state index in [4.69, 9.17) is 4.84 Å². The summed E-state index contributed by atoms with van der Waals surface area (Å²) in [6, 6.07) is 0. The highest BCUT2D eigenvalue weighted by Crippen LogP contribution is 2.34. The van der Waals surface area contributed by atoms with Crippen LogP contribution in [0.3, 0.4) is 0 Å². The van der Waals surface area contributed by atoms with Gasteiger partial charge in [0.2, 0.25) is 5.91 Å². The van der Waals surface area contributed by atoms with Crippen LogP contribution >= 0.6 is 0 Å². The summed E-state index contributed by atoms with van der Waals surface area (Å²) in [6.45, 7) is 17.4. The summed E-state index contributed by atoms with van der Waals surface area (Å²) in [5.74, 6) is 0.725. The van der Waals surface area contributed by atoms with Crippen molar-refractivity contribution in [2.45, 2.75) is 117 Å². The number of rotatable bonds is 13. The van der Waals surface area contributed by atoms with E-state index in [9.17, 15) is 4.79 Å². The molecule has 0 aromatic heterocycles. The largest absolute Gasteiger partial charge is 0.339 e. The summed E-state index contributed by atoms with van der Waals surface area (Å²) >= 11 is 0. The Morgan fingerprint density at radius 2 is 1.52 bits per heavy atom. The monoisotopic (exact) mass is 382 g/mol. The van der Waals surface area contributed by atoms with E-state index in [2.05, 4.69) is 34.6 Å². The minimum absolute atomic E-state index is 0.176. The number of carbonyl (C=O) groups excluding carboxylic acids is 1. The van der Waals surface area contributed by atoms with E-state index in [0.29, 0.717) is 12.5 Å². The summed E-state index contributed by atoms with van der Waals surface area (Å²) in [4.78, 5) is 21.3. The van der Waals surface area contributed by atoms with Gasteiger partial charge in [0.05, 0.1) is 12.1 Å². The van der Waals surface area contributed by atoms with Gasteiger partial charge in [0.1, 0.15) is 5.54 Å². The molecule has 0 bridgehead atoms. The lowest BCUT2D eigenvalue weighted by Crippen LogP contribution is -2.71. The van der Waals surface area contributed by atoms with Crippen molar-refractivity contribution in [3.05, 3.63) is 0 Å². The lowest BCUT2D eigenvalue weighted by atomic mass is 9.89. The predicted octanol–water partition coefficient (Wildman–Crippen LogP) is 5.81. The maximum absolute atomic E-state index is 13.1. The van der Waals surface area contributed by atoms with E-state index in [0.717, 1.165) is 25.9 Å². The molecule has 0 aromatic carbocycles. The Hall–Kier alpha value is -0.610. The van der Waals surface area contributed by atoms with Crippen LogP contribution in [0.5, 0.6) is 0 Å². The molecule has 160 valence electrons. The van der Waals surface area contributed by atoms with Crippen LogP contribution in [0.15, 0.2) is 0 Å². The summed E-state index contributed by atoms with van der Waals surface area (Å²) < 4.78 is 0. The van der Waals surface area contributed by atoms with Crippen molar-refractivity contribution in [1.29, 1.82) is 0 Å². The van der Waals surface area contributed by atoms with Crippen molar-refractivity contribution in [2.75, 3.05) is 19.7 Å². The maximum atomic E-state index is 13.1. The molecule has 1 saturated heterocycles. The molecule has 1 atom stereocenters. The Kier molecular flexibility index (Phi) is 10.3. The molecule has 0 aromatic rings. The molecule has 0 aliphatic carbocycles. The fourth-order valence-electron chi connectivity index (χ4n) is 4.21. The van der Waals surface area contributed by atoms with Crippen molar-refractivity contribution in [3.8, 4) is 0 Å². The average molecular weight is 383 g/mol. The fourth-order valence-corrected chi connectivity index (χ4v) is 4.21. The quantitative estimate of drug-likeness (QED) is 0.377. The van der Waals surface area contributed by atoms with E-state index < -0.39 is 5.54 Å². The van der Waals surface area contributed by atoms with Crippen LogP contribution in [0.25, 0.3) is 0 Å². The van der Waals surface area contributed by atoms with Crippen molar-refractivity contribution in [1.82, 2.24) is 9.96 Å². The molecule has 1 unspecified atom stereocenters. The van der Waals surface area contributed by atoms with Gasteiger partial charge in [-0.1, -0.05) is 72.1 Å². The second-order valence-corrected chi connectivity index (χ2v) is 9.67. The van der Waals surface area contributed by atoms with Crippen LogP contribution in [-0.2, 0) is 9.63 Å². The van der Waals surface area contributed by atoms with Gasteiger partial charge >= 0.3 is 0 Å². The van der Waals surface area contributed by atoms with Crippen LogP contribution in [0.4, 0.5) is 0 Å². The normalized spacial score (nSPS) is 20.9. The van der Waals surface area contributed by atoms with E-state index >= 15 is 0 Å². The molecule has 1 aliphatic heterocycles. The predicted molar refractivity (Wildman–Crippen MR) is 115 cm³/mol. The number of hydrogen-bond acceptors (Lipinski definition) is 3. The number of hydrogen-bond donors (Lipinski definition) is 0. The third kappa shape index (κ3) is 7.38. The first kappa shape index (κ1) is 24.4. The van der Waals surface area contributed by atoms with Gasteiger partial charge in [0.15, 0.2) is 0 Å². The number of unbranched alkanes of at least 4 members (excludes halogenated alkanes) is 7. The summed E-state index contributed by atoms with van der Waals surface area (Å²) in [5.41, 5.74) is -0.791. The van der Waals surface area contributed by atoms with Gasteiger partial charge in [-0.2, -0.15) is 5.06 Å². The van der Waals surface area contributed by atoms with Gasteiger partial charge in [-0.3, -0.25) is 9.63 Å². The molecule has 1 rings (SSSR count). The van der Waals surface area contributed by atoms with E-state index in [1.165, 1.54) is 44.9 Å². The second-order valence-electron chi connectivity index (χ2n) is 9.67. The number of carbonyl (C=O) groups is 1. The average Bonchev–Trinajstić information content (AvgIpc) is 2.60. The van der Waals surface area contributed by atoms with E-state index in [1.807, 2.05) is 23.8 Å². The topological polar surface area (TPSA) is 32.8 Å². The van der Waals surface area contributed by atoms with Gasteiger partial charge in [-0.15, -0.1) is 0 Å². The highest BCUT2D eigenvalue weighted by molar-refractivity contribution is 5.86. The third-order valence-electron chi connectivity index (χ3n) is 5.89. The van der Waals surface area contributed by atoms with Crippen LogP contribution < -0.4 is 0 Å². The highest BCUT2D eigenvalue weighted by atomic mass is 16.7. The van der Waals surface area contributed by atoms with E-state index in [-0.39, 0.29) is 11.4 Å². The molecule has 0 saturated carbocycles. The Bertz CT molecular complexity index is 434. The molecular formula is C23H46N2O2. The molecule has 0 spiro atoms.